The number of rotatable bonds is 3. The molecule has 1 heterocycles. The summed E-state index contributed by atoms with van der Waals surface area (Å²) in [6.45, 7) is 1.67. The minimum atomic E-state index is -3.75. The Hall–Kier alpha value is -2.16. The van der Waals surface area contributed by atoms with E-state index in [2.05, 4.69) is 25.3 Å². The maximum Gasteiger partial charge on any atom is 0.276 e. The van der Waals surface area contributed by atoms with Gasteiger partial charge in [-0.05, 0) is 29.8 Å². The van der Waals surface area contributed by atoms with E-state index in [-0.39, 0.29) is 10.8 Å². The zero-order valence-electron chi connectivity index (χ0n) is 8.88. The molecule has 17 heavy (non-hydrogen) atoms. The van der Waals surface area contributed by atoms with Crippen molar-refractivity contribution < 1.29 is 8.42 Å². The van der Waals surface area contributed by atoms with Crippen molar-refractivity contribution in [2.24, 2.45) is 0 Å². The number of aromatic amines is 1. The zero-order valence-corrected chi connectivity index (χ0v) is 9.69. The van der Waals surface area contributed by atoms with E-state index in [0.29, 0.717) is 11.3 Å². The Balaban J connectivity index is 2.41. The van der Waals surface area contributed by atoms with Crippen LogP contribution in [0.25, 0.3) is 0 Å². The second kappa shape index (κ2) is 4.01. The highest BCUT2D eigenvalue weighted by atomic mass is 32.2. The number of anilines is 2. The number of hydrogen-bond donors (Lipinski definition) is 3. The summed E-state index contributed by atoms with van der Waals surface area (Å²) in [5, 5.41) is 12.4. The summed E-state index contributed by atoms with van der Waals surface area (Å²) in [5.74, 6) is -0.119. The highest BCUT2D eigenvalue weighted by Gasteiger charge is 2.18. The Morgan fingerprint density at radius 1 is 1.41 bits per heavy atom. The van der Waals surface area contributed by atoms with Crippen molar-refractivity contribution in [3.05, 3.63) is 23.8 Å². The number of nitrogen functional groups attached to an aromatic ring is 1. The number of sulfonamides is 1. The number of tetrazole rings is 1. The second-order valence-electron chi connectivity index (χ2n) is 3.37. The Bertz CT molecular complexity index is 621. The number of hydrogen-bond acceptors (Lipinski definition) is 6. The number of nitrogens with one attached hydrogen (secondary N) is 2. The van der Waals surface area contributed by atoms with Crippen LogP contribution in [0.15, 0.2) is 23.1 Å². The van der Waals surface area contributed by atoms with Crippen LogP contribution in [0, 0.1) is 6.92 Å². The molecule has 0 spiro atoms. The predicted octanol–water partition coefficient (Wildman–Crippen LogP) is -0.109. The first-order chi connectivity index (χ1) is 7.99. The summed E-state index contributed by atoms with van der Waals surface area (Å²) in [7, 11) is -3.75. The molecule has 90 valence electrons. The summed E-state index contributed by atoms with van der Waals surface area (Å²) in [6, 6.07) is 4.63. The molecule has 8 nitrogen and oxygen atoms in total. The SMILES string of the molecule is Cc1ccc(N)cc1S(=O)(=O)Nc1nn[nH]n1. The van der Waals surface area contributed by atoms with Gasteiger partial charge < -0.3 is 5.73 Å². The molecule has 0 saturated carbocycles. The molecule has 0 atom stereocenters. The lowest BCUT2D eigenvalue weighted by Crippen LogP contribution is -2.15. The molecule has 0 aliphatic rings. The van der Waals surface area contributed by atoms with Crippen LogP contribution in [0.1, 0.15) is 5.56 Å². The van der Waals surface area contributed by atoms with E-state index in [1.807, 2.05) is 0 Å². The lowest BCUT2D eigenvalue weighted by atomic mass is 10.2. The summed E-state index contributed by atoms with van der Waals surface area (Å²) >= 11 is 0. The van der Waals surface area contributed by atoms with Crippen LogP contribution in [-0.2, 0) is 10.0 Å². The van der Waals surface area contributed by atoms with Gasteiger partial charge in [-0.3, -0.25) is 0 Å². The Kier molecular flexibility index (Phi) is 2.68. The molecule has 9 heteroatoms. The van der Waals surface area contributed by atoms with E-state index in [4.69, 9.17) is 5.73 Å². The maximum atomic E-state index is 12.0. The monoisotopic (exact) mass is 254 g/mol. The fourth-order valence-corrected chi connectivity index (χ4v) is 2.51. The minimum Gasteiger partial charge on any atom is -0.399 e. The van der Waals surface area contributed by atoms with Gasteiger partial charge in [-0.1, -0.05) is 11.2 Å². The maximum absolute atomic E-state index is 12.0. The smallest absolute Gasteiger partial charge is 0.276 e. The van der Waals surface area contributed by atoms with E-state index in [1.54, 1.807) is 19.1 Å². The highest BCUT2D eigenvalue weighted by molar-refractivity contribution is 7.92. The van der Waals surface area contributed by atoms with E-state index in [9.17, 15) is 8.42 Å². The van der Waals surface area contributed by atoms with Gasteiger partial charge >= 0.3 is 0 Å². The van der Waals surface area contributed by atoms with Crippen LogP contribution in [-0.4, -0.2) is 29.0 Å². The van der Waals surface area contributed by atoms with Crippen molar-refractivity contribution in [1.29, 1.82) is 0 Å². The van der Waals surface area contributed by atoms with Crippen molar-refractivity contribution in [2.75, 3.05) is 10.5 Å². The summed E-state index contributed by atoms with van der Waals surface area (Å²) in [4.78, 5) is 0.0855. The molecule has 1 aromatic carbocycles. The van der Waals surface area contributed by atoms with Gasteiger partial charge in [-0.25, -0.2) is 13.1 Å². The fourth-order valence-electron chi connectivity index (χ4n) is 1.29. The third kappa shape index (κ3) is 2.33. The molecule has 2 rings (SSSR count). The number of nitrogens with zero attached hydrogens (tertiary/aromatic N) is 3. The van der Waals surface area contributed by atoms with Crippen LogP contribution in [0.3, 0.4) is 0 Å². The van der Waals surface area contributed by atoms with Crippen molar-refractivity contribution in [2.45, 2.75) is 11.8 Å². The highest BCUT2D eigenvalue weighted by Crippen LogP contribution is 2.19. The molecule has 0 radical (unpaired) electrons. The Labute approximate surface area is 97.3 Å². The molecule has 0 saturated heterocycles. The minimum absolute atomic E-state index is 0.0855. The van der Waals surface area contributed by atoms with Crippen LogP contribution in [0.5, 0.6) is 0 Å². The second-order valence-corrected chi connectivity index (χ2v) is 5.02. The van der Waals surface area contributed by atoms with E-state index >= 15 is 0 Å². The molecule has 2 aromatic rings. The quantitative estimate of drug-likeness (QED) is 0.656. The first-order valence-electron chi connectivity index (χ1n) is 4.61. The molecule has 0 aliphatic carbocycles. The Morgan fingerprint density at radius 2 is 2.18 bits per heavy atom. The van der Waals surface area contributed by atoms with Crippen LogP contribution >= 0.6 is 0 Å². The standard InChI is InChI=1S/C8H10N6O2S/c1-5-2-3-6(9)4-7(5)17(15,16)12-8-10-13-14-11-8/h2-4H,9H2,1H3,(H2,10,11,12,13,14). The molecule has 0 unspecified atom stereocenters. The number of nitrogens with two attached hydrogens (primary N) is 1. The van der Waals surface area contributed by atoms with Crippen molar-refractivity contribution in [1.82, 2.24) is 20.6 Å². The van der Waals surface area contributed by atoms with Crippen molar-refractivity contribution >= 4 is 21.7 Å². The molecule has 1 aromatic heterocycles. The normalized spacial score (nSPS) is 11.4. The van der Waals surface area contributed by atoms with Gasteiger partial charge in [-0.15, -0.1) is 5.10 Å². The Morgan fingerprint density at radius 3 is 2.82 bits per heavy atom. The molecule has 0 amide bonds. The van der Waals surface area contributed by atoms with Gasteiger partial charge in [0.15, 0.2) is 0 Å². The van der Waals surface area contributed by atoms with Gasteiger partial charge in [0, 0.05) is 5.69 Å². The summed E-state index contributed by atoms with van der Waals surface area (Å²) < 4.78 is 26.2. The van der Waals surface area contributed by atoms with Crippen LogP contribution in [0.4, 0.5) is 11.6 Å². The molecule has 0 aliphatic heterocycles. The third-order valence-corrected chi connectivity index (χ3v) is 3.54. The number of aromatic nitrogens is 4. The van der Waals surface area contributed by atoms with Gasteiger partial charge in [0.25, 0.3) is 16.0 Å². The average Bonchev–Trinajstić information content (AvgIpc) is 2.73. The van der Waals surface area contributed by atoms with Gasteiger partial charge in [-0.2, -0.15) is 5.21 Å². The van der Waals surface area contributed by atoms with E-state index in [0.717, 1.165) is 0 Å². The number of aryl methyl sites for hydroxylation is 1. The predicted molar refractivity (Wildman–Crippen MR) is 60.6 cm³/mol. The largest absolute Gasteiger partial charge is 0.399 e. The molecule has 4 N–H and O–H groups in total. The fraction of sp³-hybridized carbons (Fsp3) is 0.125. The molecule has 0 fully saturated rings. The molecular formula is C8H10N6O2S. The van der Waals surface area contributed by atoms with E-state index in [1.165, 1.54) is 6.07 Å². The molecular weight excluding hydrogens is 244 g/mol. The van der Waals surface area contributed by atoms with Crippen LogP contribution < -0.4 is 10.5 Å². The van der Waals surface area contributed by atoms with Crippen molar-refractivity contribution in [3.8, 4) is 0 Å². The average molecular weight is 254 g/mol. The van der Waals surface area contributed by atoms with Crippen LogP contribution in [0.2, 0.25) is 0 Å². The number of benzene rings is 1. The van der Waals surface area contributed by atoms with Gasteiger partial charge in [0.1, 0.15) is 0 Å². The lowest BCUT2D eigenvalue weighted by molar-refractivity contribution is 0.600. The lowest BCUT2D eigenvalue weighted by Gasteiger charge is -2.07. The first kappa shape index (κ1) is 11.3. The summed E-state index contributed by atoms with van der Waals surface area (Å²) in [5.41, 5.74) is 6.50. The van der Waals surface area contributed by atoms with Gasteiger partial charge in [0.2, 0.25) is 0 Å². The van der Waals surface area contributed by atoms with E-state index < -0.39 is 10.0 Å². The van der Waals surface area contributed by atoms with Gasteiger partial charge in [0.05, 0.1) is 4.90 Å². The molecule has 0 bridgehead atoms. The third-order valence-electron chi connectivity index (χ3n) is 2.07. The van der Waals surface area contributed by atoms with Crippen molar-refractivity contribution in [3.63, 3.8) is 0 Å². The summed E-state index contributed by atoms with van der Waals surface area (Å²) in [6.07, 6.45) is 0. The topological polar surface area (TPSA) is 127 Å². The number of H-pyrrole nitrogens is 1. The zero-order chi connectivity index (χ0) is 12.5. The first-order valence-corrected chi connectivity index (χ1v) is 6.10.